The first-order valence-corrected chi connectivity index (χ1v) is 11.3. The number of rotatable bonds is 5. The van der Waals surface area contributed by atoms with Gasteiger partial charge in [0.05, 0.1) is 0 Å². The highest BCUT2D eigenvalue weighted by Gasteiger charge is 2.37. The predicted octanol–water partition coefficient (Wildman–Crippen LogP) is 3.44. The average molecular weight is 444 g/mol. The highest BCUT2D eigenvalue weighted by atomic mass is 16.2. The third kappa shape index (κ3) is 4.60. The van der Waals surface area contributed by atoms with Crippen LogP contribution in [0.2, 0.25) is 0 Å². The maximum absolute atomic E-state index is 13.4. The van der Waals surface area contributed by atoms with Crippen LogP contribution in [0.1, 0.15) is 34.1 Å². The largest absolute Gasteiger partial charge is 0.342 e. The van der Waals surface area contributed by atoms with Crippen LogP contribution in [0, 0.1) is 6.92 Å². The molecule has 1 aromatic heterocycles. The van der Waals surface area contributed by atoms with Crippen LogP contribution in [0.4, 0.5) is 0 Å². The Labute approximate surface area is 193 Å². The number of piperazine rings is 1. The topological polar surface area (TPSA) is 73.5 Å². The molecule has 0 saturated carbocycles. The molecule has 0 bridgehead atoms. The number of amides is 2. The molecule has 0 radical (unpaired) electrons. The maximum Gasteiger partial charge on any atom is 0.261 e. The number of pyridine rings is 1. The smallest absolute Gasteiger partial charge is 0.261 e. The molecule has 1 saturated heterocycles. The van der Waals surface area contributed by atoms with Crippen LogP contribution in [0.5, 0.6) is 0 Å². The van der Waals surface area contributed by atoms with E-state index in [1.807, 2.05) is 62.4 Å². The SMILES string of the molecule is CCc1[nH]c(=O)c(C(=O)N2CCN(C)C(=O)[C@H]2Cc2cccc(-c3ccccc3)c2)cc1C. The molecule has 2 heterocycles. The van der Waals surface area contributed by atoms with Gasteiger partial charge in [0.2, 0.25) is 5.91 Å². The molecular weight excluding hydrogens is 414 g/mol. The Bertz CT molecular complexity index is 1230. The van der Waals surface area contributed by atoms with Gasteiger partial charge in [0.15, 0.2) is 0 Å². The zero-order valence-corrected chi connectivity index (χ0v) is 19.3. The summed E-state index contributed by atoms with van der Waals surface area (Å²) in [7, 11) is 1.75. The molecule has 1 aliphatic rings. The lowest BCUT2D eigenvalue weighted by molar-refractivity contribution is -0.138. The minimum absolute atomic E-state index is 0.0880. The Morgan fingerprint density at radius 2 is 1.73 bits per heavy atom. The summed E-state index contributed by atoms with van der Waals surface area (Å²) in [4.78, 5) is 45.3. The fourth-order valence-corrected chi connectivity index (χ4v) is 4.44. The number of aromatic nitrogens is 1. The zero-order chi connectivity index (χ0) is 23.5. The second-order valence-corrected chi connectivity index (χ2v) is 8.57. The van der Waals surface area contributed by atoms with Gasteiger partial charge in [-0.3, -0.25) is 14.4 Å². The summed E-state index contributed by atoms with van der Waals surface area (Å²) in [5.41, 5.74) is 4.49. The van der Waals surface area contributed by atoms with Crippen molar-refractivity contribution in [2.45, 2.75) is 32.7 Å². The highest BCUT2D eigenvalue weighted by molar-refractivity contribution is 5.98. The lowest BCUT2D eigenvalue weighted by Gasteiger charge is -2.39. The lowest BCUT2D eigenvalue weighted by Crippen LogP contribution is -2.58. The molecule has 0 spiro atoms. The standard InChI is InChI=1S/C27H29N3O3/c1-4-23-18(2)15-22(25(31)28-23)26(32)30-14-13-29(3)27(33)24(30)17-19-9-8-12-21(16-19)20-10-6-5-7-11-20/h5-12,15-16,24H,4,13-14,17H2,1-3H3,(H,28,31)/t24-/m1/s1. The molecule has 170 valence electrons. The van der Waals surface area contributed by atoms with Crippen molar-refractivity contribution in [3.63, 3.8) is 0 Å². The number of carbonyl (C=O) groups is 2. The minimum atomic E-state index is -0.659. The van der Waals surface area contributed by atoms with E-state index in [2.05, 4.69) is 11.1 Å². The fraction of sp³-hybridized carbons (Fsp3) is 0.296. The van der Waals surface area contributed by atoms with Crippen LogP contribution < -0.4 is 5.56 Å². The molecule has 2 aromatic carbocycles. The van der Waals surface area contributed by atoms with E-state index in [1.54, 1.807) is 22.9 Å². The van der Waals surface area contributed by atoms with E-state index < -0.39 is 17.5 Å². The summed E-state index contributed by atoms with van der Waals surface area (Å²) >= 11 is 0. The molecule has 4 rings (SSSR count). The number of aromatic amines is 1. The average Bonchev–Trinajstić information content (AvgIpc) is 2.83. The monoisotopic (exact) mass is 443 g/mol. The van der Waals surface area contributed by atoms with Gasteiger partial charge in [-0.2, -0.15) is 0 Å². The molecule has 6 nitrogen and oxygen atoms in total. The summed E-state index contributed by atoms with van der Waals surface area (Å²) in [6.07, 6.45) is 1.07. The van der Waals surface area contributed by atoms with Crippen molar-refractivity contribution >= 4 is 11.8 Å². The van der Waals surface area contributed by atoms with Crippen LogP contribution in [-0.4, -0.2) is 52.8 Å². The molecule has 0 aliphatic carbocycles. The van der Waals surface area contributed by atoms with Crippen LogP contribution in [0.25, 0.3) is 11.1 Å². The van der Waals surface area contributed by atoms with Gasteiger partial charge < -0.3 is 14.8 Å². The molecule has 33 heavy (non-hydrogen) atoms. The van der Waals surface area contributed by atoms with E-state index in [0.717, 1.165) is 27.9 Å². The zero-order valence-electron chi connectivity index (χ0n) is 19.3. The number of nitrogens with zero attached hydrogens (tertiary/aromatic N) is 2. The summed E-state index contributed by atoms with van der Waals surface area (Å²) in [6.45, 7) is 4.67. The number of hydrogen-bond donors (Lipinski definition) is 1. The van der Waals surface area contributed by atoms with E-state index >= 15 is 0 Å². The Morgan fingerprint density at radius 3 is 2.45 bits per heavy atom. The van der Waals surface area contributed by atoms with Crippen LogP contribution in [-0.2, 0) is 17.6 Å². The molecule has 1 N–H and O–H groups in total. The second kappa shape index (κ2) is 9.45. The summed E-state index contributed by atoms with van der Waals surface area (Å²) in [6, 6.07) is 19.1. The molecule has 1 aliphatic heterocycles. The molecular formula is C27H29N3O3. The van der Waals surface area contributed by atoms with Gasteiger partial charge in [-0.05, 0) is 41.7 Å². The maximum atomic E-state index is 13.4. The van der Waals surface area contributed by atoms with Gasteiger partial charge in [-0.15, -0.1) is 0 Å². The molecule has 6 heteroatoms. The van der Waals surface area contributed by atoms with Crippen molar-refractivity contribution in [3.05, 3.63) is 93.4 Å². The third-order valence-corrected chi connectivity index (χ3v) is 6.37. The lowest BCUT2D eigenvalue weighted by atomic mass is 9.96. The first-order chi connectivity index (χ1) is 15.9. The minimum Gasteiger partial charge on any atom is -0.342 e. The second-order valence-electron chi connectivity index (χ2n) is 8.57. The van der Waals surface area contributed by atoms with Crippen LogP contribution >= 0.6 is 0 Å². The molecule has 3 aromatic rings. The first kappa shape index (κ1) is 22.5. The molecule has 1 atom stereocenters. The van der Waals surface area contributed by atoms with E-state index in [-0.39, 0.29) is 11.5 Å². The number of likely N-dealkylation sites (N-methyl/N-ethyl adjacent to an activating group) is 1. The van der Waals surface area contributed by atoms with Crippen molar-refractivity contribution in [1.82, 2.24) is 14.8 Å². The summed E-state index contributed by atoms with van der Waals surface area (Å²) < 4.78 is 0. The van der Waals surface area contributed by atoms with Gasteiger partial charge in [-0.25, -0.2) is 0 Å². The van der Waals surface area contributed by atoms with Gasteiger partial charge >= 0.3 is 0 Å². The third-order valence-electron chi connectivity index (χ3n) is 6.37. The molecule has 2 amide bonds. The van der Waals surface area contributed by atoms with E-state index in [4.69, 9.17) is 0 Å². The number of hydrogen-bond acceptors (Lipinski definition) is 3. The van der Waals surface area contributed by atoms with Crippen LogP contribution in [0.3, 0.4) is 0 Å². The Morgan fingerprint density at radius 1 is 1.00 bits per heavy atom. The van der Waals surface area contributed by atoms with E-state index in [0.29, 0.717) is 25.9 Å². The summed E-state index contributed by atoms with van der Waals surface area (Å²) in [5, 5.41) is 0. The predicted molar refractivity (Wildman–Crippen MR) is 129 cm³/mol. The van der Waals surface area contributed by atoms with Gasteiger partial charge in [0.1, 0.15) is 11.6 Å². The first-order valence-electron chi connectivity index (χ1n) is 11.3. The van der Waals surface area contributed by atoms with Crippen molar-refractivity contribution in [2.75, 3.05) is 20.1 Å². The Hall–Kier alpha value is -3.67. The molecule has 1 fully saturated rings. The van der Waals surface area contributed by atoms with Crippen molar-refractivity contribution in [3.8, 4) is 11.1 Å². The Kier molecular flexibility index (Phi) is 6.45. The van der Waals surface area contributed by atoms with E-state index in [1.165, 1.54) is 0 Å². The van der Waals surface area contributed by atoms with Crippen molar-refractivity contribution in [1.29, 1.82) is 0 Å². The van der Waals surface area contributed by atoms with Crippen LogP contribution in [0.15, 0.2) is 65.5 Å². The fourth-order valence-electron chi connectivity index (χ4n) is 4.44. The number of aryl methyl sites for hydroxylation is 2. The quantitative estimate of drug-likeness (QED) is 0.657. The van der Waals surface area contributed by atoms with E-state index in [9.17, 15) is 14.4 Å². The van der Waals surface area contributed by atoms with Crippen molar-refractivity contribution in [2.24, 2.45) is 0 Å². The summed E-state index contributed by atoms with van der Waals surface area (Å²) in [5.74, 6) is -0.509. The molecule has 0 unspecified atom stereocenters. The van der Waals surface area contributed by atoms with Gasteiger partial charge in [0, 0.05) is 32.3 Å². The van der Waals surface area contributed by atoms with Crippen molar-refractivity contribution < 1.29 is 9.59 Å². The number of H-pyrrole nitrogens is 1. The number of carbonyl (C=O) groups excluding carboxylic acids is 2. The van der Waals surface area contributed by atoms with Gasteiger partial charge in [0.25, 0.3) is 11.5 Å². The highest BCUT2D eigenvalue weighted by Crippen LogP contribution is 2.23. The Balaban J connectivity index is 1.66. The number of benzene rings is 2. The van der Waals surface area contributed by atoms with Gasteiger partial charge in [-0.1, -0.05) is 61.5 Å². The normalized spacial score (nSPS) is 16.2. The number of nitrogens with one attached hydrogen (secondary N) is 1.